The molecule has 25 heavy (non-hydrogen) atoms. The van der Waals surface area contributed by atoms with E-state index in [2.05, 4.69) is 12.1 Å². The highest BCUT2D eigenvalue weighted by Gasteiger charge is 2.34. The molecule has 5 nitrogen and oxygen atoms in total. The minimum absolute atomic E-state index is 0.00388. The monoisotopic (exact) mass is 345 g/mol. The van der Waals surface area contributed by atoms with Crippen molar-refractivity contribution >= 4 is 11.9 Å². The number of hydrogen-bond acceptors (Lipinski definition) is 4. The normalized spacial score (nSPS) is 21.2. The summed E-state index contributed by atoms with van der Waals surface area (Å²) in [7, 11) is 0. The molecule has 3 rings (SSSR count). The summed E-state index contributed by atoms with van der Waals surface area (Å²) in [5.41, 5.74) is 1.33. The molecule has 0 radical (unpaired) electrons. The molecule has 1 aromatic carbocycles. The Morgan fingerprint density at radius 2 is 1.92 bits per heavy atom. The van der Waals surface area contributed by atoms with Gasteiger partial charge < -0.3 is 14.4 Å². The second-order valence-electron chi connectivity index (χ2n) is 6.90. The number of cyclic esters (lactones) is 1. The van der Waals surface area contributed by atoms with Crippen LogP contribution in [0.2, 0.25) is 0 Å². The van der Waals surface area contributed by atoms with Crippen LogP contribution in [0.15, 0.2) is 24.3 Å². The van der Waals surface area contributed by atoms with E-state index < -0.39 is 6.10 Å². The van der Waals surface area contributed by atoms with Gasteiger partial charge >= 0.3 is 5.97 Å². The maximum Gasteiger partial charge on any atom is 0.306 e. The van der Waals surface area contributed by atoms with E-state index >= 15 is 0 Å². The number of benzene rings is 1. The van der Waals surface area contributed by atoms with Crippen LogP contribution in [0.25, 0.3) is 0 Å². The predicted molar refractivity (Wildman–Crippen MR) is 94.4 cm³/mol. The van der Waals surface area contributed by atoms with Gasteiger partial charge in [-0.1, -0.05) is 12.1 Å². The van der Waals surface area contributed by atoms with Crippen molar-refractivity contribution in [2.45, 2.75) is 51.6 Å². The number of carbonyl (C=O) groups is 2. The molecule has 2 saturated heterocycles. The highest BCUT2D eigenvalue weighted by molar-refractivity contribution is 5.86. The van der Waals surface area contributed by atoms with Crippen LogP contribution in [0, 0.1) is 5.92 Å². The summed E-state index contributed by atoms with van der Waals surface area (Å²) < 4.78 is 10.6. The lowest BCUT2D eigenvalue weighted by Crippen LogP contribution is -2.43. The molecule has 136 valence electrons. The fourth-order valence-electron chi connectivity index (χ4n) is 3.63. The van der Waals surface area contributed by atoms with Gasteiger partial charge in [0.05, 0.1) is 6.61 Å². The molecule has 5 heteroatoms. The number of rotatable bonds is 6. The van der Waals surface area contributed by atoms with Gasteiger partial charge in [0.1, 0.15) is 5.75 Å². The van der Waals surface area contributed by atoms with Crippen LogP contribution in [0.4, 0.5) is 0 Å². The van der Waals surface area contributed by atoms with Crippen molar-refractivity contribution in [3.05, 3.63) is 29.8 Å². The largest absolute Gasteiger partial charge is 0.494 e. The number of nitrogens with zero attached hydrogens (tertiary/aromatic N) is 1. The standard InChI is InChI=1S/C20H27NO4/c1-2-24-17-7-5-15(6-8-17)3-4-16-11-13-21(14-12-16)20(23)18-9-10-19(22)25-18/h5-8,16,18H,2-4,9-14H2,1H3/t18-/m0/s1. The SMILES string of the molecule is CCOc1ccc(CCC2CCN(C(=O)[C@@H]3CCC(=O)O3)CC2)cc1. The number of ether oxygens (including phenoxy) is 2. The number of likely N-dealkylation sites (tertiary alicyclic amines) is 1. The van der Waals surface area contributed by atoms with Gasteiger partial charge in [0, 0.05) is 25.9 Å². The minimum Gasteiger partial charge on any atom is -0.494 e. The highest BCUT2D eigenvalue weighted by Crippen LogP contribution is 2.25. The van der Waals surface area contributed by atoms with Crippen molar-refractivity contribution in [1.82, 2.24) is 4.90 Å². The Bertz CT molecular complexity index is 590. The zero-order valence-corrected chi connectivity index (χ0v) is 14.9. The summed E-state index contributed by atoms with van der Waals surface area (Å²) in [6.45, 7) is 4.24. The summed E-state index contributed by atoms with van der Waals surface area (Å²) in [5.74, 6) is 1.33. The van der Waals surface area contributed by atoms with E-state index in [-0.39, 0.29) is 11.9 Å². The third kappa shape index (κ3) is 4.74. The third-order valence-electron chi connectivity index (χ3n) is 5.16. The van der Waals surface area contributed by atoms with E-state index in [1.54, 1.807) is 0 Å². The van der Waals surface area contributed by atoms with Gasteiger partial charge in [-0.05, 0) is 56.2 Å². The fourth-order valence-corrected chi connectivity index (χ4v) is 3.63. The van der Waals surface area contributed by atoms with Crippen LogP contribution in [-0.4, -0.2) is 42.6 Å². The Kier molecular flexibility index (Phi) is 5.95. The number of piperidine rings is 1. The van der Waals surface area contributed by atoms with E-state index in [0.29, 0.717) is 25.4 Å². The van der Waals surface area contributed by atoms with E-state index in [1.165, 1.54) is 5.56 Å². The highest BCUT2D eigenvalue weighted by atomic mass is 16.6. The van der Waals surface area contributed by atoms with Crippen LogP contribution < -0.4 is 4.74 Å². The first-order valence-electron chi connectivity index (χ1n) is 9.35. The van der Waals surface area contributed by atoms with Crippen LogP contribution in [-0.2, 0) is 20.7 Å². The average molecular weight is 345 g/mol. The van der Waals surface area contributed by atoms with Crippen molar-refractivity contribution in [3.8, 4) is 5.75 Å². The molecule has 2 aliphatic rings. The van der Waals surface area contributed by atoms with Crippen molar-refractivity contribution in [2.24, 2.45) is 5.92 Å². The van der Waals surface area contributed by atoms with E-state index in [0.717, 1.165) is 44.5 Å². The van der Waals surface area contributed by atoms with Crippen molar-refractivity contribution in [2.75, 3.05) is 19.7 Å². The zero-order chi connectivity index (χ0) is 17.6. The first kappa shape index (κ1) is 17.8. The van der Waals surface area contributed by atoms with E-state index in [9.17, 15) is 9.59 Å². The smallest absolute Gasteiger partial charge is 0.306 e. The molecule has 0 N–H and O–H groups in total. The predicted octanol–water partition coefficient (Wildman–Crippen LogP) is 2.96. The van der Waals surface area contributed by atoms with E-state index in [1.807, 2.05) is 24.0 Å². The van der Waals surface area contributed by atoms with Crippen LogP contribution in [0.1, 0.15) is 44.6 Å². The van der Waals surface area contributed by atoms with Crippen molar-refractivity contribution in [3.63, 3.8) is 0 Å². The van der Waals surface area contributed by atoms with Crippen molar-refractivity contribution < 1.29 is 19.1 Å². The van der Waals surface area contributed by atoms with Gasteiger partial charge in [0.25, 0.3) is 5.91 Å². The number of esters is 1. The second-order valence-corrected chi connectivity index (χ2v) is 6.90. The summed E-state index contributed by atoms with van der Waals surface area (Å²) in [4.78, 5) is 25.4. The van der Waals surface area contributed by atoms with E-state index in [4.69, 9.17) is 9.47 Å². The maximum atomic E-state index is 12.4. The molecule has 0 spiro atoms. The van der Waals surface area contributed by atoms with Crippen LogP contribution >= 0.6 is 0 Å². The fraction of sp³-hybridized carbons (Fsp3) is 0.600. The summed E-state index contributed by atoms with van der Waals surface area (Å²) in [6.07, 6.45) is 4.64. The van der Waals surface area contributed by atoms with Gasteiger partial charge in [-0.15, -0.1) is 0 Å². The third-order valence-corrected chi connectivity index (χ3v) is 5.16. The van der Waals surface area contributed by atoms with Crippen LogP contribution in [0.5, 0.6) is 5.75 Å². The summed E-state index contributed by atoms with van der Waals surface area (Å²) >= 11 is 0. The molecular formula is C20H27NO4. The molecule has 2 heterocycles. The molecule has 1 atom stereocenters. The molecule has 0 bridgehead atoms. The minimum atomic E-state index is -0.534. The molecule has 0 aromatic heterocycles. The molecule has 0 aliphatic carbocycles. The first-order valence-corrected chi connectivity index (χ1v) is 9.35. The van der Waals surface area contributed by atoms with Gasteiger partial charge in [-0.2, -0.15) is 0 Å². The Balaban J connectivity index is 1.40. The molecular weight excluding hydrogens is 318 g/mol. The molecule has 0 saturated carbocycles. The summed E-state index contributed by atoms with van der Waals surface area (Å²) in [5, 5.41) is 0. The number of aryl methyl sites for hydroxylation is 1. The lowest BCUT2D eigenvalue weighted by Gasteiger charge is -2.33. The van der Waals surface area contributed by atoms with Gasteiger partial charge in [-0.25, -0.2) is 0 Å². The Labute approximate surface area is 149 Å². The van der Waals surface area contributed by atoms with Crippen molar-refractivity contribution in [1.29, 1.82) is 0 Å². The molecule has 1 amide bonds. The Morgan fingerprint density at radius 1 is 1.20 bits per heavy atom. The quantitative estimate of drug-likeness (QED) is 0.744. The maximum absolute atomic E-state index is 12.4. The number of carbonyl (C=O) groups excluding carboxylic acids is 2. The van der Waals surface area contributed by atoms with Gasteiger partial charge in [0.2, 0.25) is 0 Å². The first-order chi connectivity index (χ1) is 12.2. The topological polar surface area (TPSA) is 55.8 Å². The Hall–Kier alpha value is -2.04. The van der Waals surface area contributed by atoms with Gasteiger partial charge in [-0.3, -0.25) is 9.59 Å². The van der Waals surface area contributed by atoms with Gasteiger partial charge in [0.15, 0.2) is 6.10 Å². The molecule has 2 aliphatic heterocycles. The molecule has 1 aromatic rings. The lowest BCUT2D eigenvalue weighted by molar-refractivity contribution is -0.153. The number of amides is 1. The molecule has 0 unspecified atom stereocenters. The zero-order valence-electron chi connectivity index (χ0n) is 14.9. The molecule has 2 fully saturated rings. The Morgan fingerprint density at radius 3 is 2.52 bits per heavy atom. The second kappa shape index (κ2) is 8.37. The average Bonchev–Trinajstić information content (AvgIpc) is 3.08. The summed E-state index contributed by atoms with van der Waals surface area (Å²) in [6, 6.07) is 8.34. The number of hydrogen-bond donors (Lipinski definition) is 0. The lowest BCUT2D eigenvalue weighted by atomic mass is 9.90. The van der Waals surface area contributed by atoms with Crippen LogP contribution in [0.3, 0.4) is 0 Å².